The number of hydrogen-bond acceptors (Lipinski definition) is 6. The molecule has 2 saturated heterocycles. The fourth-order valence-electron chi connectivity index (χ4n) is 7.90. The third kappa shape index (κ3) is 4.67. The SMILES string of the molecule is CC(C)c1ccc(NC(=O)[C@H]2[C@H]3C=C[C@@]4(O3)[C@H]2C(=O)N(Cc2ccc3c(c2)OCO3)[C@@H]4C(=O)N[C@@H]2CCC[C@H](C)[C@H]2C)cc1. The molecule has 2 bridgehead atoms. The van der Waals surface area contributed by atoms with Crippen LogP contribution in [0.4, 0.5) is 5.69 Å². The number of hydrogen-bond donors (Lipinski definition) is 2. The second-order valence-electron chi connectivity index (χ2n) is 13.5. The van der Waals surface area contributed by atoms with Crippen LogP contribution in [0.2, 0.25) is 0 Å². The van der Waals surface area contributed by atoms with E-state index >= 15 is 0 Å². The van der Waals surface area contributed by atoms with E-state index < -0.39 is 29.6 Å². The Hall–Kier alpha value is -3.85. The molecule has 1 spiro atoms. The molecule has 2 aromatic rings. The molecule has 232 valence electrons. The van der Waals surface area contributed by atoms with Crippen LogP contribution in [-0.4, -0.2) is 53.2 Å². The number of nitrogens with one attached hydrogen (secondary N) is 2. The smallest absolute Gasteiger partial charge is 0.246 e. The van der Waals surface area contributed by atoms with E-state index in [0.717, 1.165) is 24.8 Å². The molecule has 0 radical (unpaired) electrons. The Kier molecular flexibility index (Phi) is 7.19. The molecular weight excluding hydrogens is 558 g/mol. The maximum Gasteiger partial charge on any atom is 0.246 e. The number of nitrogens with zero attached hydrogens (tertiary/aromatic N) is 1. The van der Waals surface area contributed by atoms with Crippen molar-refractivity contribution in [3.05, 3.63) is 65.7 Å². The highest BCUT2D eigenvalue weighted by Crippen LogP contribution is 2.55. The van der Waals surface area contributed by atoms with E-state index in [1.807, 2.05) is 54.6 Å². The number of amides is 3. The Morgan fingerprint density at radius 3 is 2.57 bits per heavy atom. The van der Waals surface area contributed by atoms with Crippen molar-refractivity contribution in [3.8, 4) is 11.5 Å². The molecule has 7 rings (SSSR count). The van der Waals surface area contributed by atoms with Gasteiger partial charge in [-0.2, -0.15) is 0 Å². The van der Waals surface area contributed by atoms with E-state index in [9.17, 15) is 14.4 Å². The van der Waals surface area contributed by atoms with Crippen LogP contribution in [0.3, 0.4) is 0 Å². The molecule has 2 N–H and O–H groups in total. The van der Waals surface area contributed by atoms with Crippen molar-refractivity contribution >= 4 is 23.4 Å². The van der Waals surface area contributed by atoms with Crippen molar-refractivity contribution < 1.29 is 28.6 Å². The van der Waals surface area contributed by atoms with Crippen LogP contribution >= 0.6 is 0 Å². The normalized spacial score (nSPS) is 33.2. The number of carbonyl (C=O) groups is 3. The fourth-order valence-corrected chi connectivity index (χ4v) is 7.90. The van der Waals surface area contributed by atoms with Gasteiger partial charge in [-0.05, 0) is 59.6 Å². The topological polar surface area (TPSA) is 106 Å². The summed E-state index contributed by atoms with van der Waals surface area (Å²) in [5.41, 5.74) is 1.42. The number of anilines is 1. The molecule has 8 atom stereocenters. The summed E-state index contributed by atoms with van der Waals surface area (Å²) in [7, 11) is 0. The molecule has 4 aliphatic heterocycles. The standard InChI is InChI=1S/C35H41N3O6/c1-19(2)23-9-11-24(12-10-23)36-32(39)29-27-14-15-35(44-27)30(29)34(41)38(17-22-8-13-26-28(16-22)43-18-42-26)31(35)33(40)37-25-7-5-6-20(3)21(25)4/h8-16,19-21,25,27,29-31H,5-7,17-18H2,1-4H3,(H,36,39)(H,37,40)/t20-,21+,25+,27+,29-,30+,31+,35+/m0/s1. The molecule has 2 aromatic carbocycles. The lowest BCUT2D eigenvalue weighted by atomic mass is 9.73. The third-order valence-electron chi connectivity index (χ3n) is 10.6. The van der Waals surface area contributed by atoms with Crippen molar-refractivity contribution in [2.24, 2.45) is 23.7 Å². The average Bonchev–Trinajstić information content (AvgIpc) is 3.76. The molecule has 0 aromatic heterocycles. The summed E-state index contributed by atoms with van der Waals surface area (Å²) in [6.07, 6.45) is 6.21. The van der Waals surface area contributed by atoms with Gasteiger partial charge in [0.05, 0.1) is 17.9 Å². The highest BCUT2D eigenvalue weighted by Gasteiger charge is 2.72. The molecule has 9 nitrogen and oxygen atoms in total. The molecule has 1 saturated carbocycles. The van der Waals surface area contributed by atoms with Crippen LogP contribution in [0.25, 0.3) is 0 Å². The van der Waals surface area contributed by atoms with Gasteiger partial charge in [-0.3, -0.25) is 14.4 Å². The molecule has 1 aliphatic carbocycles. The maximum absolute atomic E-state index is 14.4. The zero-order valence-corrected chi connectivity index (χ0v) is 25.7. The summed E-state index contributed by atoms with van der Waals surface area (Å²) in [5, 5.41) is 6.34. The van der Waals surface area contributed by atoms with Crippen LogP contribution in [0.1, 0.15) is 64.0 Å². The Balaban J connectivity index is 1.20. The lowest BCUT2D eigenvalue weighted by molar-refractivity contribution is -0.142. The van der Waals surface area contributed by atoms with Gasteiger partial charge in [0.25, 0.3) is 0 Å². The van der Waals surface area contributed by atoms with Gasteiger partial charge in [0.1, 0.15) is 11.6 Å². The summed E-state index contributed by atoms with van der Waals surface area (Å²) in [6.45, 7) is 8.98. The first kappa shape index (κ1) is 28.9. The summed E-state index contributed by atoms with van der Waals surface area (Å²) in [5.74, 6) is 0.0923. The van der Waals surface area contributed by atoms with Gasteiger partial charge in [0, 0.05) is 18.3 Å². The monoisotopic (exact) mass is 599 g/mol. The summed E-state index contributed by atoms with van der Waals surface area (Å²) in [6, 6.07) is 12.4. The lowest BCUT2D eigenvalue weighted by Crippen LogP contribution is -2.57. The van der Waals surface area contributed by atoms with Crippen molar-refractivity contribution in [3.63, 3.8) is 0 Å². The largest absolute Gasteiger partial charge is 0.454 e. The van der Waals surface area contributed by atoms with E-state index in [4.69, 9.17) is 14.2 Å². The number of fused-ring (bicyclic) bond motifs is 2. The van der Waals surface area contributed by atoms with Crippen molar-refractivity contribution in [1.29, 1.82) is 0 Å². The van der Waals surface area contributed by atoms with E-state index in [2.05, 4.69) is 38.3 Å². The zero-order chi connectivity index (χ0) is 30.7. The first-order valence-electron chi connectivity index (χ1n) is 15.9. The minimum Gasteiger partial charge on any atom is -0.454 e. The van der Waals surface area contributed by atoms with E-state index in [-0.39, 0.29) is 37.1 Å². The van der Waals surface area contributed by atoms with Crippen LogP contribution in [0.15, 0.2) is 54.6 Å². The number of rotatable bonds is 7. The molecule has 44 heavy (non-hydrogen) atoms. The molecular formula is C35H41N3O6. The molecule has 3 fully saturated rings. The predicted octanol–water partition coefficient (Wildman–Crippen LogP) is 4.77. The Morgan fingerprint density at radius 2 is 1.80 bits per heavy atom. The van der Waals surface area contributed by atoms with Gasteiger partial charge in [-0.25, -0.2) is 0 Å². The van der Waals surface area contributed by atoms with Gasteiger partial charge in [-0.15, -0.1) is 0 Å². The lowest BCUT2D eigenvalue weighted by Gasteiger charge is -2.38. The van der Waals surface area contributed by atoms with Gasteiger partial charge < -0.3 is 29.7 Å². The first-order valence-corrected chi connectivity index (χ1v) is 15.9. The Labute approximate surface area is 258 Å². The highest BCUT2D eigenvalue weighted by atomic mass is 16.7. The quantitative estimate of drug-likeness (QED) is 0.445. The number of benzene rings is 2. The Bertz CT molecular complexity index is 1500. The number of carbonyl (C=O) groups excluding carboxylic acids is 3. The van der Waals surface area contributed by atoms with Crippen molar-refractivity contribution in [1.82, 2.24) is 10.2 Å². The van der Waals surface area contributed by atoms with E-state index in [0.29, 0.717) is 34.9 Å². The van der Waals surface area contributed by atoms with Crippen LogP contribution < -0.4 is 20.1 Å². The van der Waals surface area contributed by atoms with E-state index in [1.165, 1.54) is 5.56 Å². The highest BCUT2D eigenvalue weighted by molar-refractivity contribution is 6.02. The predicted molar refractivity (Wildman–Crippen MR) is 164 cm³/mol. The van der Waals surface area contributed by atoms with Crippen LogP contribution in [-0.2, 0) is 25.7 Å². The fraction of sp³-hybridized carbons (Fsp3) is 0.514. The number of ether oxygens (including phenoxy) is 3. The van der Waals surface area contributed by atoms with E-state index in [1.54, 1.807) is 4.90 Å². The molecule has 5 aliphatic rings. The first-order chi connectivity index (χ1) is 21.2. The van der Waals surface area contributed by atoms with Crippen molar-refractivity contribution in [2.75, 3.05) is 12.1 Å². The maximum atomic E-state index is 14.4. The van der Waals surface area contributed by atoms with Gasteiger partial charge in [-0.1, -0.05) is 70.9 Å². The average molecular weight is 600 g/mol. The molecule has 0 unspecified atom stereocenters. The van der Waals surface area contributed by atoms with Crippen LogP contribution in [0, 0.1) is 23.7 Å². The zero-order valence-electron chi connectivity index (χ0n) is 25.7. The second kappa shape index (κ2) is 10.9. The van der Waals surface area contributed by atoms with Crippen molar-refractivity contribution in [2.45, 2.75) is 83.2 Å². The minimum atomic E-state index is -1.23. The van der Waals surface area contributed by atoms with Gasteiger partial charge >= 0.3 is 0 Å². The summed E-state index contributed by atoms with van der Waals surface area (Å²) >= 11 is 0. The van der Waals surface area contributed by atoms with Gasteiger partial charge in [0.2, 0.25) is 24.5 Å². The van der Waals surface area contributed by atoms with Gasteiger partial charge in [0.15, 0.2) is 11.5 Å². The van der Waals surface area contributed by atoms with Crippen LogP contribution in [0.5, 0.6) is 11.5 Å². The third-order valence-corrected chi connectivity index (χ3v) is 10.6. The Morgan fingerprint density at radius 1 is 1.02 bits per heavy atom. The summed E-state index contributed by atoms with van der Waals surface area (Å²) in [4.78, 5) is 44.2. The number of likely N-dealkylation sites (tertiary alicyclic amines) is 1. The molecule has 4 heterocycles. The second-order valence-corrected chi connectivity index (χ2v) is 13.5. The molecule has 3 amide bonds. The molecule has 9 heteroatoms. The minimum absolute atomic E-state index is 0.0136. The summed E-state index contributed by atoms with van der Waals surface area (Å²) < 4.78 is 17.6.